The largest absolute Gasteiger partial charge is 0.369 e. The van der Waals surface area contributed by atoms with Crippen LogP contribution in [0.4, 0.5) is 11.6 Å². The highest BCUT2D eigenvalue weighted by atomic mass is 35.5. The maximum atomic E-state index is 12.8. The van der Waals surface area contributed by atoms with E-state index >= 15 is 0 Å². The molecule has 3 aromatic rings. The second-order valence-electron chi connectivity index (χ2n) is 8.64. The van der Waals surface area contributed by atoms with E-state index in [-0.39, 0.29) is 11.2 Å². The van der Waals surface area contributed by atoms with Crippen molar-refractivity contribution in [1.82, 2.24) is 23.6 Å². The molecule has 0 unspecified atom stereocenters. The minimum Gasteiger partial charge on any atom is -0.369 e. The molecule has 10 nitrogen and oxygen atoms in total. The third kappa shape index (κ3) is 3.83. The fraction of sp³-hybridized carbons (Fsp3) is 0.455. The van der Waals surface area contributed by atoms with Crippen LogP contribution in [0.15, 0.2) is 39.0 Å². The van der Waals surface area contributed by atoms with E-state index in [4.69, 9.17) is 16.7 Å². The average molecular weight is 471 g/mol. The van der Waals surface area contributed by atoms with Crippen LogP contribution in [0.5, 0.6) is 0 Å². The van der Waals surface area contributed by atoms with E-state index in [1.54, 1.807) is 7.05 Å². The number of hydrogen-bond acceptors (Lipinski definition) is 7. The van der Waals surface area contributed by atoms with Gasteiger partial charge in [-0.3, -0.25) is 23.4 Å². The van der Waals surface area contributed by atoms with Crippen LogP contribution in [0.25, 0.3) is 11.2 Å². The zero-order valence-electron chi connectivity index (χ0n) is 19.0. The molecule has 4 heterocycles. The van der Waals surface area contributed by atoms with Gasteiger partial charge in [0.05, 0.1) is 18.8 Å². The van der Waals surface area contributed by atoms with Crippen LogP contribution in [0.3, 0.4) is 0 Å². The quantitative estimate of drug-likeness (QED) is 0.568. The van der Waals surface area contributed by atoms with Crippen LogP contribution in [-0.4, -0.2) is 68.6 Å². The van der Waals surface area contributed by atoms with Crippen LogP contribution in [0.2, 0.25) is 5.02 Å². The van der Waals surface area contributed by atoms with Gasteiger partial charge < -0.3 is 4.90 Å². The van der Waals surface area contributed by atoms with E-state index in [1.807, 2.05) is 34.7 Å². The number of anilines is 2. The molecular weight excluding hydrogens is 444 g/mol. The number of aromatic nitrogens is 4. The number of halogens is 1. The van der Waals surface area contributed by atoms with Crippen LogP contribution >= 0.6 is 11.6 Å². The molecule has 2 aliphatic heterocycles. The molecule has 0 saturated carbocycles. The number of hydrogen-bond donors (Lipinski definition) is 0. The molecule has 174 valence electrons. The molecule has 1 saturated heterocycles. The Kier molecular flexibility index (Phi) is 5.49. The van der Waals surface area contributed by atoms with Gasteiger partial charge in [-0.15, -0.1) is 0 Å². The number of imidazole rings is 1. The van der Waals surface area contributed by atoms with E-state index in [0.29, 0.717) is 30.2 Å². The number of piperazine rings is 1. The first-order valence-corrected chi connectivity index (χ1v) is 11.4. The molecule has 0 spiro atoms. The van der Waals surface area contributed by atoms with E-state index < -0.39 is 0 Å². The van der Waals surface area contributed by atoms with Crippen molar-refractivity contribution in [3.05, 3.63) is 50.1 Å². The standard InChI is InChI=1S/C22H27ClN8O2/c1-15-14-30-18-19(26(2)22(33)27(3)20(18)32)24-21(30)31(25-15)12-9-28-7-10-29(11-8-28)17-6-4-5-16(23)13-17/h4-6,13H,7-12,14H2,1-3H3. The normalized spacial score (nSPS) is 16.9. The SMILES string of the molecule is CC1=NN(CCN2CCN(c3cccc(Cl)c3)CC2)c2nc3c(c(=O)n(C)c(=O)n3C)n2C1. The van der Waals surface area contributed by atoms with Gasteiger partial charge in [-0.1, -0.05) is 17.7 Å². The lowest BCUT2D eigenvalue weighted by Gasteiger charge is -2.37. The summed E-state index contributed by atoms with van der Waals surface area (Å²) >= 11 is 6.14. The minimum absolute atomic E-state index is 0.335. The number of rotatable bonds is 4. The van der Waals surface area contributed by atoms with Crippen molar-refractivity contribution in [2.24, 2.45) is 19.2 Å². The lowest BCUT2D eigenvalue weighted by molar-refractivity contribution is 0.262. The Hall–Kier alpha value is -3.11. The maximum absolute atomic E-state index is 12.8. The number of hydrazone groups is 1. The lowest BCUT2D eigenvalue weighted by atomic mass is 10.2. The van der Waals surface area contributed by atoms with Crippen molar-refractivity contribution >= 4 is 40.1 Å². The number of fused-ring (bicyclic) bond motifs is 3. The van der Waals surface area contributed by atoms with E-state index in [2.05, 4.69) is 20.9 Å². The second kappa shape index (κ2) is 8.35. The van der Waals surface area contributed by atoms with Gasteiger partial charge >= 0.3 is 5.69 Å². The summed E-state index contributed by atoms with van der Waals surface area (Å²) in [6.45, 7) is 7.63. The highest BCUT2D eigenvalue weighted by Gasteiger charge is 2.27. The fourth-order valence-corrected chi connectivity index (χ4v) is 4.77. The van der Waals surface area contributed by atoms with Gasteiger partial charge in [0.25, 0.3) is 5.56 Å². The van der Waals surface area contributed by atoms with Crippen molar-refractivity contribution in [3.8, 4) is 0 Å². The van der Waals surface area contributed by atoms with Gasteiger partial charge in [-0.2, -0.15) is 10.1 Å². The average Bonchev–Trinajstić information content (AvgIpc) is 3.20. The van der Waals surface area contributed by atoms with Crippen molar-refractivity contribution in [2.75, 3.05) is 49.2 Å². The summed E-state index contributed by atoms with van der Waals surface area (Å²) in [7, 11) is 3.13. The third-order valence-electron chi connectivity index (χ3n) is 6.41. The van der Waals surface area contributed by atoms with Gasteiger partial charge in [-0.25, -0.2) is 9.80 Å². The van der Waals surface area contributed by atoms with E-state index in [0.717, 1.165) is 53.7 Å². The van der Waals surface area contributed by atoms with Crippen LogP contribution in [0, 0.1) is 0 Å². The highest BCUT2D eigenvalue weighted by molar-refractivity contribution is 6.30. The Morgan fingerprint density at radius 2 is 1.79 bits per heavy atom. The summed E-state index contributed by atoms with van der Waals surface area (Å²) in [6.07, 6.45) is 0. The van der Waals surface area contributed by atoms with Gasteiger partial charge in [0.15, 0.2) is 11.2 Å². The molecule has 0 atom stereocenters. The van der Waals surface area contributed by atoms with Gasteiger partial charge in [0.1, 0.15) is 0 Å². The van der Waals surface area contributed by atoms with Gasteiger partial charge in [-0.05, 0) is 25.1 Å². The molecule has 5 rings (SSSR count). The first-order valence-electron chi connectivity index (χ1n) is 11.0. The molecule has 0 aliphatic carbocycles. The molecule has 33 heavy (non-hydrogen) atoms. The molecule has 2 aliphatic rings. The summed E-state index contributed by atoms with van der Waals surface area (Å²) in [5.41, 5.74) is 2.15. The molecule has 1 aromatic carbocycles. The predicted octanol–water partition coefficient (Wildman–Crippen LogP) is 1.11. The molecule has 0 amide bonds. The Balaban J connectivity index is 1.33. The minimum atomic E-state index is -0.385. The Morgan fingerprint density at radius 3 is 2.52 bits per heavy atom. The Morgan fingerprint density at radius 1 is 1.03 bits per heavy atom. The summed E-state index contributed by atoms with van der Waals surface area (Å²) in [5.74, 6) is 0.603. The highest BCUT2D eigenvalue weighted by Crippen LogP contribution is 2.24. The van der Waals surface area contributed by atoms with Crippen LogP contribution in [-0.2, 0) is 20.6 Å². The van der Waals surface area contributed by atoms with Gasteiger partial charge in [0.2, 0.25) is 5.95 Å². The number of nitrogens with zero attached hydrogens (tertiary/aromatic N) is 8. The molecule has 1 fully saturated rings. The second-order valence-corrected chi connectivity index (χ2v) is 9.08. The molecule has 0 N–H and O–H groups in total. The topological polar surface area (TPSA) is 83.9 Å². The zero-order valence-corrected chi connectivity index (χ0v) is 19.8. The van der Waals surface area contributed by atoms with Crippen molar-refractivity contribution in [3.63, 3.8) is 0 Å². The summed E-state index contributed by atoms with van der Waals surface area (Å²) in [6, 6.07) is 7.97. The zero-order chi connectivity index (χ0) is 23.3. The first-order chi connectivity index (χ1) is 15.8. The summed E-state index contributed by atoms with van der Waals surface area (Å²) in [5, 5.41) is 7.30. The van der Waals surface area contributed by atoms with Crippen molar-refractivity contribution < 1.29 is 0 Å². The molecule has 0 bridgehead atoms. The van der Waals surface area contributed by atoms with E-state index in [1.165, 1.54) is 11.6 Å². The monoisotopic (exact) mass is 470 g/mol. The smallest absolute Gasteiger partial charge is 0.332 e. The molecule has 11 heteroatoms. The van der Waals surface area contributed by atoms with Crippen molar-refractivity contribution in [2.45, 2.75) is 13.5 Å². The van der Waals surface area contributed by atoms with Crippen LogP contribution in [0.1, 0.15) is 6.92 Å². The Bertz CT molecular complexity index is 1360. The predicted molar refractivity (Wildman–Crippen MR) is 131 cm³/mol. The summed E-state index contributed by atoms with van der Waals surface area (Å²) in [4.78, 5) is 34.6. The molecule has 2 aromatic heterocycles. The van der Waals surface area contributed by atoms with Crippen LogP contribution < -0.4 is 21.2 Å². The third-order valence-corrected chi connectivity index (χ3v) is 6.65. The lowest BCUT2D eigenvalue weighted by Crippen LogP contribution is -2.48. The summed E-state index contributed by atoms with van der Waals surface area (Å²) < 4.78 is 4.42. The number of benzene rings is 1. The molecule has 0 radical (unpaired) electrons. The maximum Gasteiger partial charge on any atom is 0.332 e. The van der Waals surface area contributed by atoms with Gasteiger partial charge in [0, 0.05) is 57.5 Å². The molecular formula is C22H27ClN8O2. The van der Waals surface area contributed by atoms with E-state index in [9.17, 15) is 9.59 Å². The Labute approximate surface area is 195 Å². The number of aryl methyl sites for hydroxylation is 1. The van der Waals surface area contributed by atoms with Crippen molar-refractivity contribution in [1.29, 1.82) is 0 Å². The fourth-order valence-electron chi connectivity index (χ4n) is 4.58. The first kappa shape index (κ1) is 21.7.